The lowest BCUT2D eigenvalue weighted by Gasteiger charge is -2.24. The number of methoxy groups -OCH3 is 1. The Kier molecular flexibility index (Phi) is 5.03. The Balaban J connectivity index is 2.29. The van der Waals surface area contributed by atoms with Crippen LogP contribution in [-0.2, 0) is 19.5 Å². The Labute approximate surface area is 126 Å². The van der Waals surface area contributed by atoms with Crippen LogP contribution in [0.5, 0.6) is 0 Å². The summed E-state index contributed by atoms with van der Waals surface area (Å²) in [6.07, 6.45) is 1.79. The van der Waals surface area contributed by atoms with Gasteiger partial charge in [-0.1, -0.05) is 17.7 Å². The molecule has 0 N–H and O–H groups in total. The first-order chi connectivity index (χ1) is 9.95. The number of hydrogen-bond donors (Lipinski definition) is 0. The molecule has 0 unspecified atom stereocenters. The molecule has 0 aromatic heterocycles. The van der Waals surface area contributed by atoms with Crippen molar-refractivity contribution >= 4 is 10.0 Å². The van der Waals surface area contributed by atoms with Crippen LogP contribution in [0.1, 0.15) is 12.5 Å². The first-order valence-electron chi connectivity index (χ1n) is 6.86. The van der Waals surface area contributed by atoms with Gasteiger partial charge in [0.1, 0.15) is 19.0 Å². The van der Waals surface area contributed by atoms with E-state index in [9.17, 15) is 8.42 Å². The van der Waals surface area contributed by atoms with E-state index in [0.29, 0.717) is 30.4 Å². The Bertz CT molecular complexity index is 607. The van der Waals surface area contributed by atoms with Crippen LogP contribution in [0.3, 0.4) is 0 Å². The number of aryl methyl sites for hydroxylation is 1. The van der Waals surface area contributed by atoms with Gasteiger partial charge in [-0.3, -0.25) is 0 Å². The standard InChI is InChI=1S/C15H21NO4S/c1-12-4-6-15(7-5-12)21(17,18)16-8-9-20-14(11-19-3)10-13(16)2/h4-7,10,13H,8-9,11H2,1-3H3/t13-/m0/s1. The molecule has 1 heterocycles. The number of sulfonamides is 1. The molecule has 0 saturated heterocycles. The van der Waals surface area contributed by atoms with Crippen molar-refractivity contribution in [1.82, 2.24) is 4.31 Å². The molecule has 21 heavy (non-hydrogen) atoms. The van der Waals surface area contributed by atoms with Crippen molar-refractivity contribution in [1.29, 1.82) is 0 Å². The van der Waals surface area contributed by atoms with Gasteiger partial charge >= 0.3 is 0 Å². The summed E-state index contributed by atoms with van der Waals surface area (Å²) in [6.45, 7) is 4.77. The molecule has 1 atom stereocenters. The lowest BCUT2D eigenvalue weighted by molar-refractivity contribution is 0.131. The topological polar surface area (TPSA) is 55.8 Å². The highest BCUT2D eigenvalue weighted by Crippen LogP contribution is 2.22. The number of rotatable bonds is 4. The Morgan fingerprint density at radius 3 is 2.62 bits per heavy atom. The second-order valence-corrected chi connectivity index (χ2v) is 6.97. The summed E-state index contributed by atoms with van der Waals surface area (Å²) in [6, 6.07) is 6.62. The van der Waals surface area contributed by atoms with Gasteiger partial charge in [0.25, 0.3) is 0 Å². The average Bonchev–Trinajstić information content (AvgIpc) is 2.61. The van der Waals surface area contributed by atoms with Gasteiger partial charge in [0.05, 0.1) is 4.90 Å². The summed E-state index contributed by atoms with van der Waals surface area (Å²) in [5.74, 6) is 0.673. The van der Waals surface area contributed by atoms with Crippen LogP contribution in [0.2, 0.25) is 0 Å². The molecule has 2 rings (SSSR count). The Morgan fingerprint density at radius 2 is 2.00 bits per heavy atom. The molecule has 0 fully saturated rings. The number of hydrogen-bond acceptors (Lipinski definition) is 4. The molecular weight excluding hydrogens is 290 g/mol. The summed E-state index contributed by atoms with van der Waals surface area (Å²) < 4.78 is 37.5. The van der Waals surface area contributed by atoms with Crippen LogP contribution in [0.4, 0.5) is 0 Å². The molecule has 6 heteroatoms. The molecule has 1 aromatic rings. The summed E-state index contributed by atoms with van der Waals surface area (Å²) in [5.41, 5.74) is 1.03. The molecule has 0 radical (unpaired) electrons. The van der Waals surface area contributed by atoms with Gasteiger partial charge < -0.3 is 9.47 Å². The van der Waals surface area contributed by atoms with Gasteiger partial charge in [0.15, 0.2) is 0 Å². The van der Waals surface area contributed by atoms with Crippen molar-refractivity contribution in [2.45, 2.75) is 24.8 Å². The minimum Gasteiger partial charge on any atom is -0.494 e. The van der Waals surface area contributed by atoms with Crippen molar-refractivity contribution in [3.8, 4) is 0 Å². The smallest absolute Gasteiger partial charge is 0.243 e. The van der Waals surface area contributed by atoms with Crippen LogP contribution < -0.4 is 0 Å². The molecule has 0 saturated carbocycles. The number of ether oxygens (including phenoxy) is 2. The SMILES string of the molecule is COCC1=C[C@H](C)N(S(=O)(=O)c2ccc(C)cc2)CCO1. The van der Waals surface area contributed by atoms with Crippen LogP contribution in [0.15, 0.2) is 41.0 Å². The molecule has 0 aliphatic carbocycles. The van der Waals surface area contributed by atoms with Gasteiger partial charge in [-0.25, -0.2) is 8.42 Å². The normalized spacial score (nSPS) is 20.5. The van der Waals surface area contributed by atoms with Gasteiger partial charge in [0, 0.05) is 19.7 Å². The fourth-order valence-corrected chi connectivity index (χ4v) is 3.85. The zero-order chi connectivity index (χ0) is 15.5. The highest BCUT2D eigenvalue weighted by molar-refractivity contribution is 7.89. The largest absolute Gasteiger partial charge is 0.494 e. The lowest BCUT2D eigenvalue weighted by Crippen LogP contribution is -2.38. The predicted molar refractivity (Wildman–Crippen MR) is 80.4 cm³/mol. The third-order valence-electron chi connectivity index (χ3n) is 3.39. The zero-order valence-electron chi connectivity index (χ0n) is 12.6. The Morgan fingerprint density at radius 1 is 1.33 bits per heavy atom. The lowest BCUT2D eigenvalue weighted by atomic mass is 10.2. The molecule has 0 amide bonds. The summed E-state index contributed by atoms with van der Waals surface area (Å²) in [7, 11) is -1.94. The first kappa shape index (κ1) is 16.0. The monoisotopic (exact) mass is 311 g/mol. The molecule has 5 nitrogen and oxygen atoms in total. The highest BCUT2D eigenvalue weighted by atomic mass is 32.2. The van der Waals surface area contributed by atoms with E-state index in [0.717, 1.165) is 5.56 Å². The van der Waals surface area contributed by atoms with E-state index in [-0.39, 0.29) is 6.04 Å². The van der Waals surface area contributed by atoms with E-state index >= 15 is 0 Å². The van der Waals surface area contributed by atoms with Gasteiger partial charge in [0.2, 0.25) is 10.0 Å². The van der Waals surface area contributed by atoms with E-state index in [1.54, 1.807) is 37.5 Å². The summed E-state index contributed by atoms with van der Waals surface area (Å²) >= 11 is 0. The Hall–Kier alpha value is -1.37. The third kappa shape index (κ3) is 3.64. The quantitative estimate of drug-likeness (QED) is 0.852. The maximum Gasteiger partial charge on any atom is 0.243 e. The molecule has 1 aliphatic heterocycles. The van der Waals surface area contributed by atoms with Crippen molar-refractivity contribution in [3.63, 3.8) is 0 Å². The van der Waals surface area contributed by atoms with E-state index in [1.807, 2.05) is 13.8 Å². The van der Waals surface area contributed by atoms with Crippen LogP contribution >= 0.6 is 0 Å². The van der Waals surface area contributed by atoms with E-state index in [2.05, 4.69) is 0 Å². The van der Waals surface area contributed by atoms with E-state index in [1.165, 1.54) is 4.31 Å². The fourth-order valence-electron chi connectivity index (χ4n) is 2.29. The maximum absolute atomic E-state index is 12.7. The van der Waals surface area contributed by atoms with Crippen LogP contribution in [0.25, 0.3) is 0 Å². The van der Waals surface area contributed by atoms with Crippen molar-refractivity contribution in [3.05, 3.63) is 41.7 Å². The molecular formula is C15H21NO4S. The minimum absolute atomic E-state index is 0.274. The van der Waals surface area contributed by atoms with E-state index < -0.39 is 10.0 Å². The average molecular weight is 311 g/mol. The van der Waals surface area contributed by atoms with Crippen molar-refractivity contribution in [2.75, 3.05) is 26.9 Å². The molecule has 1 aliphatic rings. The second kappa shape index (κ2) is 6.60. The zero-order valence-corrected chi connectivity index (χ0v) is 13.4. The van der Waals surface area contributed by atoms with Gasteiger partial charge in [-0.05, 0) is 32.1 Å². The molecule has 116 valence electrons. The minimum atomic E-state index is -3.52. The number of nitrogens with zero attached hydrogens (tertiary/aromatic N) is 1. The van der Waals surface area contributed by atoms with Gasteiger partial charge in [-0.2, -0.15) is 4.31 Å². The van der Waals surface area contributed by atoms with Crippen molar-refractivity contribution < 1.29 is 17.9 Å². The van der Waals surface area contributed by atoms with Gasteiger partial charge in [-0.15, -0.1) is 0 Å². The summed E-state index contributed by atoms with van der Waals surface area (Å²) in [4.78, 5) is 0.309. The predicted octanol–water partition coefficient (Wildman–Crippen LogP) is 1.93. The molecule has 1 aromatic carbocycles. The molecule has 0 spiro atoms. The fraction of sp³-hybridized carbons (Fsp3) is 0.467. The third-order valence-corrected chi connectivity index (χ3v) is 5.40. The highest BCUT2D eigenvalue weighted by Gasteiger charge is 2.30. The number of benzene rings is 1. The van der Waals surface area contributed by atoms with Crippen LogP contribution in [0, 0.1) is 6.92 Å². The summed E-state index contributed by atoms with van der Waals surface area (Å²) in [5, 5.41) is 0. The molecule has 0 bridgehead atoms. The first-order valence-corrected chi connectivity index (χ1v) is 8.30. The second-order valence-electron chi connectivity index (χ2n) is 5.08. The van der Waals surface area contributed by atoms with Crippen molar-refractivity contribution in [2.24, 2.45) is 0 Å². The maximum atomic E-state index is 12.7. The van der Waals surface area contributed by atoms with E-state index in [4.69, 9.17) is 9.47 Å². The van der Waals surface area contributed by atoms with Crippen LogP contribution in [-0.4, -0.2) is 45.6 Å².